The molecular weight excluding hydrogens is 371 g/mol. The maximum atomic E-state index is 14.5. The maximum Gasteiger partial charge on any atom is 0.222 e. The molecule has 0 aliphatic carbocycles. The molecule has 6 heteroatoms. The molecule has 0 aliphatic rings. The van der Waals surface area contributed by atoms with Crippen molar-refractivity contribution in [2.75, 3.05) is 17.1 Å². The van der Waals surface area contributed by atoms with Gasteiger partial charge in [-0.05, 0) is 53.4 Å². The van der Waals surface area contributed by atoms with Crippen molar-refractivity contribution in [3.05, 3.63) is 84.3 Å². The van der Waals surface area contributed by atoms with E-state index in [0.717, 1.165) is 27.9 Å². The zero-order valence-electron chi connectivity index (χ0n) is 15.3. The summed E-state index contributed by atoms with van der Waals surface area (Å²) in [5.74, 6) is 1.13. The minimum atomic E-state index is -0.259. The number of rotatable bonds is 6. The second-order valence-corrected chi connectivity index (χ2v) is 7.07. The molecule has 2 N–H and O–H groups in total. The Hall–Kier alpha value is -3.12. The third kappa shape index (κ3) is 4.07. The van der Waals surface area contributed by atoms with Gasteiger partial charge in [-0.3, -0.25) is 0 Å². The van der Waals surface area contributed by atoms with Gasteiger partial charge in [0.1, 0.15) is 5.82 Å². The van der Waals surface area contributed by atoms with Gasteiger partial charge in [0.05, 0.1) is 5.52 Å². The number of hydrogen-bond acceptors (Lipinski definition) is 5. The van der Waals surface area contributed by atoms with Crippen molar-refractivity contribution in [3.63, 3.8) is 0 Å². The van der Waals surface area contributed by atoms with E-state index in [1.807, 2.05) is 42.5 Å². The molecule has 28 heavy (non-hydrogen) atoms. The van der Waals surface area contributed by atoms with Gasteiger partial charge in [-0.25, -0.2) is 14.4 Å². The molecule has 0 amide bonds. The second-order valence-electron chi connectivity index (χ2n) is 6.29. The molecule has 1 heterocycles. The molecule has 0 saturated carbocycles. The summed E-state index contributed by atoms with van der Waals surface area (Å²) in [5, 5.41) is 3.79. The molecule has 0 aliphatic heterocycles. The van der Waals surface area contributed by atoms with E-state index in [2.05, 4.69) is 32.1 Å². The highest BCUT2D eigenvalue weighted by atomic mass is 32.2. The van der Waals surface area contributed by atoms with Crippen LogP contribution in [0.3, 0.4) is 0 Å². The summed E-state index contributed by atoms with van der Waals surface area (Å²) in [6.07, 6.45) is 1.74. The van der Waals surface area contributed by atoms with Crippen LogP contribution in [0.15, 0.2) is 72.9 Å². The van der Waals surface area contributed by atoms with Gasteiger partial charge in [0.25, 0.3) is 0 Å². The minimum Gasteiger partial charge on any atom is -0.357 e. The number of benzene rings is 3. The third-order valence-electron chi connectivity index (χ3n) is 4.35. The lowest BCUT2D eigenvalue weighted by atomic mass is 10.0. The van der Waals surface area contributed by atoms with E-state index in [0.29, 0.717) is 11.5 Å². The third-order valence-corrected chi connectivity index (χ3v) is 5.21. The van der Waals surface area contributed by atoms with Crippen LogP contribution in [0.4, 0.5) is 16.0 Å². The van der Waals surface area contributed by atoms with Crippen LogP contribution in [-0.2, 0) is 5.75 Å². The van der Waals surface area contributed by atoms with E-state index >= 15 is 0 Å². The normalized spacial score (nSPS) is 10.8. The smallest absolute Gasteiger partial charge is 0.222 e. The number of fused-ring (bicyclic) bond motifs is 1. The molecule has 140 valence electrons. The van der Waals surface area contributed by atoms with Crippen molar-refractivity contribution in [3.8, 4) is 11.1 Å². The lowest BCUT2D eigenvalue weighted by Crippen LogP contribution is -1.96. The fraction of sp³-hybridized carbons (Fsp3) is 0.0909. The van der Waals surface area contributed by atoms with Crippen LogP contribution in [0, 0.1) is 5.82 Å². The van der Waals surface area contributed by atoms with E-state index in [1.54, 1.807) is 31.3 Å². The van der Waals surface area contributed by atoms with Crippen LogP contribution in [0.25, 0.3) is 22.0 Å². The highest BCUT2D eigenvalue weighted by Crippen LogP contribution is 2.29. The molecule has 3 aromatic carbocycles. The van der Waals surface area contributed by atoms with Crippen molar-refractivity contribution in [2.24, 2.45) is 0 Å². The number of halogens is 1. The van der Waals surface area contributed by atoms with E-state index < -0.39 is 0 Å². The Labute approximate surface area is 167 Å². The van der Waals surface area contributed by atoms with Gasteiger partial charge < -0.3 is 10.0 Å². The fourth-order valence-corrected chi connectivity index (χ4v) is 3.63. The van der Waals surface area contributed by atoms with E-state index in [1.165, 1.54) is 11.6 Å². The largest absolute Gasteiger partial charge is 0.357 e. The Morgan fingerprint density at radius 2 is 1.86 bits per heavy atom. The SMILES string of the molecule is CNc1ncc2cc(-c3cc(NSCc4ccccc4)ccc3F)ccc2n1. The Bertz CT molecular complexity index is 1100. The Kier molecular flexibility index (Phi) is 5.39. The van der Waals surface area contributed by atoms with Crippen LogP contribution in [-0.4, -0.2) is 17.0 Å². The van der Waals surface area contributed by atoms with Crippen LogP contribution in [0.5, 0.6) is 0 Å². The zero-order valence-corrected chi connectivity index (χ0v) is 16.1. The van der Waals surface area contributed by atoms with Gasteiger partial charge in [0.15, 0.2) is 0 Å². The monoisotopic (exact) mass is 390 g/mol. The summed E-state index contributed by atoms with van der Waals surface area (Å²) in [6.45, 7) is 0. The predicted molar refractivity (Wildman–Crippen MR) is 116 cm³/mol. The number of nitrogens with zero attached hydrogens (tertiary/aromatic N) is 2. The number of nitrogens with one attached hydrogen (secondary N) is 2. The zero-order chi connectivity index (χ0) is 19.3. The Balaban J connectivity index is 1.55. The summed E-state index contributed by atoms with van der Waals surface area (Å²) < 4.78 is 17.8. The maximum absolute atomic E-state index is 14.5. The molecule has 1 aromatic heterocycles. The molecule has 0 unspecified atom stereocenters. The summed E-state index contributed by atoms with van der Waals surface area (Å²) >= 11 is 1.58. The van der Waals surface area contributed by atoms with Crippen molar-refractivity contribution >= 4 is 34.5 Å². The topological polar surface area (TPSA) is 49.8 Å². The molecule has 0 spiro atoms. The first-order valence-corrected chi connectivity index (χ1v) is 9.88. The summed E-state index contributed by atoms with van der Waals surface area (Å²) in [5.41, 5.74) is 4.25. The molecule has 0 atom stereocenters. The summed E-state index contributed by atoms with van der Waals surface area (Å²) in [6, 6.07) is 21.0. The number of anilines is 2. The molecule has 0 fully saturated rings. The van der Waals surface area contributed by atoms with Gasteiger partial charge in [-0.15, -0.1) is 0 Å². The first-order valence-electron chi connectivity index (χ1n) is 8.89. The highest BCUT2D eigenvalue weighted by molar-refractivity contribution is 7.99. The van der Waals surface area contributed by atoms with Crippen molar-refractivity contribution in [1.82, 2.24) is 9.97 Å². The molecule has 4 nitrogen and oxygen atoms in total. The van der Waals surface area contributed by atoms with E-state index in [-0.39, 0.29) is 5.82 Å². The van der Waals surface area contributed by atoms with Gasteiger partial charge in [0.2, 0.25) is 5.95 Å². The molecule has 0 radical (unpaired) electrons. The molecule has 4 rings (SSSR count). The molecule has 0 bridgehead atoms. The van der Waals surface area contributed by atoms with Crippen LogP contribution < -0.4 is 10.0 Å². The molecule has 4 aromatic rings. The minimum absolute atomic E-state index is 0.259. The molecule has 0 saturated heterocycles. The predicted octanol–water partition coefficient (Wildman–Crippen LogP) is 5.74. The lowest BCUT2D eigenvalue weighted by Gasteiger charge is -2.10. The van der Waals surface area contributed by atoms with Gasteiger partial charge in [-0.2, -0.15) is 0 Å². The quantitative estimate of drug-likeness (QED) is 0.411. The summed E-state index contributed by atoms with van der Waals surface area (Å²) in [7, 11) is 1.78. The Morgan fingerprint density at radius 1 is 1.00 bits per heavy atom. The standard InChI is InChI=1S/C22H19FN4S/c1-24-22-25-13-17-11-16(7-10-21(17)26-22)19-12-18(8-9-20(19)23)27-28-14-15-5-3-2-4-6-15/h2-13,27H,14H2,1H3,(H,24,25,26). The number of aromatic nitrogens is 2. The highest BCUT2D eigenvalue weighted by Gasteiger charge is 2.09. The van der Waals surface area contributed by atoms with Gasteiger partial charge >= 0.3 is 0 Å². The van der Waals surface area contributed by atoms with Crippen molar-refractivity contribution in [1.29, 1.82) is 0 Å². The van der Waals surface area contributed by atoms with E-state index in [4.69, 9.17) is 0 Å². The van der Waals surface area contributed by atoms with Gasteiger partial charge in [-0.1, -0.05) is 36.4 Å². The van der Waals surface area contributed by atoms with Crippen LogP contribution in [0.2, 0.25) is 0 Å². The van der Waals surface area contributed by atoms with Crippen LogP contribution in [0.1, 0.15) is 5.56 Å². The second kappa shape index (κ2) is 8.27. The first kappa shape index (κ1) is 18.3. The molecular formula is C22H19FN4S. The Morgan fingerprint density at radius 3 is 2.68 bits per heavy atom. The fourth-order valence-electron chi connectivity index (χ4n) is 2.91. The van der Waals surface area contributed by atoms with E-state index in [9.17, 15) is 4.39 Å². The van der Waals surface area contributed by atoms with Crippen molar-refractivity contribution < 1.29 is 4.39 Å². The van der Waals surface area contributed by atoms with Crippen LogP contribution >= 0.6 is 11.9 Å². The first-order chi connectivity index (χ1) is 13.7. The average molecular weight is 390 g/mol. The number of hydrogen-bond donors (Lipinski definition) is 2. The summed E-state index contributed by atoms with van der Waals surface area (Å²) in [4.78, 5) is 8.64. The van der Waals surface area contributed by atoms with Crippen molar-refractivity contribution in [2.45, 2.75) is 5.75 Å². The average Bonchev–Trinajstić information content (AvgIpc) is 2.75. The lowest BCUT2D eigenvalue weighted by molar-refractivity contribution is 0.631. The van der Waals surface area contributed by atoms with Gasteiger partial charge in [0, 0.05) is 35.6 Å².